The first-order valence-electron chi connectivity index (χ1n) is 9.58. The van der Waals surface area contributed by atoms with Crippen LogP contribution in [0.1, 0.15) is 11.1 Å². The molecule has 0 saturated carbocycles. The lowest BCUT2D eigenvalue weighted by Crippen LogP contribution is -2.35. The molecule has 0 spiro atoms. The van der Waals surface area contributed by atoms with Crippen LogP contribution in [0.5, 0.6) is 11.5 Å². The predicted octanol–water partition coefficient (Wildman–Crippen LogP) is 4.79. The maximum Gasteiger partial charge on any atom is 0.119 e. The number of halogens is 1. The van der Waals surface area contributed by atoms with Crippen LogP contribution in [0.25, 0.3) is 0 Å². The number of rotatable bonds is 10. The summed E-state index contributed by atoms with van der Waals surface area (Å²) in [5, 5.41) is 11.2. The van der Waals surface area contributed by atoms with Crippen molar-refractivity contribution in [1.82, 2.24) is 4.90 Å². The second-order valence-electron chi connectivity index (χ2n) is 6.93. The standard InChI is InChI=1S/C24H26ClNO3/c1-28-24-9-5-8-20(14-24)16-26(15-19-6-3-2-4-7-19)17-22(27)18-29-23-12-10-21(25)11-13-23/h2-14,22,27H,15-18H2,1H3. The second-order valence-corrected chi connectivity index (χ2v) is 7.36. The molecule has 0 aromatic heterocycles. The summed E-state index contributed by atoms with van der Waals surface area (Å²) < 4.78 is 11.0. The van der Waals surface area contributed by atoms with Gasteiger partial charge >= 0.3 is 0 Å². The third-order valence-electron chi connectivity index (χ3n) is 4.51. The molecule has 0 radical (unpaired) electrons. The molecule has 0 fully saturated rings. The number of benzene rings is 3. The van der Waals surface area contributed by atoms with E-state index in [0.717, 1.165) is 17.9 Å². The average Bonchev–Trinajstić information content (AvgIpc) is 2.74. The normalized spacial score (nSPS) is 12.0. The van der Waals surface area contributed by atoms with E-state index in [1.807, 2.05) is 36.4 Å². The van der Waals surface area contributed by atoms with Crippen LogP contribution >= 0.6 is 11.6 Å². The van der Waals surface area contributed by atoms with Gasteiger partial charge in [0.1, 0.15) is 24.2 Å². The van der Waals surface area contributed by atoms with Gasteiger partial charge in [0.05, 0.1) is 7.11 Å². The highest BCUT2D eigenvalue weighted by atomic mass is 35.5. The summed E-state index contributed by atoms with van der Waals surface area (Å²) in [6.45, 7) is 2.13. The molecule has 0 aliphatic rings. The molecule has 1 atom stereocenters. The minimum Gasteiger partial charge on any atom is -0.497 e. The molecule has 1 unspecified atom stereocenters. The van der Waals surface area contributed by atoms with E-state index in [9.17, 15) is 5.11 Å². The summed E-state index contributed by atoms with van der Waals surface area (Å²) in [5.41, 5.74) is 2.33. The van der Waals surface area contributed by atoms with E-state index in [0.29, 0.717) is 23.9 Å². The predicted molar refractivity (Wildman–Crippen MR) is 117 cm³/mol. The second kappa shape index (κ2) is 10.9. The monoisotopic (exact) mass is 411 g/mol. The van der Waals surface area contributed by atoms with Crippen LogP contribution in [0.15, 0.2) is 78.9 Å². The molecule has 0 saturated heterocycles. The van der Waals surface area contributed by atoms with Crippen molar-refractivity contribution in [3.05, 3.63) is 95.0 Å². The number of ether oxygens (including phenoxy) is 2. The van der Waals surface area contributed by atoms with Gasteiger partial charge < -0.3 is 14.6 Å². The lowest BCUT2D eigenvalue weighted by Gasteiger charge is -2.25. The van der Waals surface area contributed by atoms with Crippen LogP contribution in [0, 0.1) is 0 Å². The van der Waals surface area contributed by atoms with Gasteiger partial charge in [-0.05, 0) is 47.5 Å². The first-order chi connectivity index (χ1) is 14.1. The van der Waals surface area contributed by atoms with Gasteiger partial charge in [0.2, 0.25) is 0 Å². The molecule has 0 heterocycles. The van der Waals surface area contributed by atoms with E-state index in [4.69, 9.17) is 21.1 Å². The first-order valence-corrected chi connectivity index (χ1v) is 9.96. The van der Waals surface area contributed by atoms with Gasteiger partial charge in [0.25, 0.3) is 0 Å². The van der Waals surface area contributed by atoms with Crippen molar-refractivity contribution in [2.45, 2.75) is 19.2 Å². The zero-order chi connectivity index (χ0) is 20.5. The Labute approximate surface area is 177 Å². The SMILES string of the molecule is COc1cccc(CN(Cc2ccccc2)CC(O)COc2ccc(Cl)cc2)c1. The highest BCUT2D eigenvalue weighted by Crippen LogP contribution is 2.18. The van der Waals surface area contributed by atoms with Gasteiger partial charge in [-0.1, -0.05) is 54.1 Å². The molecule has 0 aliphatic heterocycles. The fourth-order valence-electron chi connectivity index (χ4n) is 3.13. The molecule has 1 N–H and O–H groups in total. The fourth-order valence-corrected chi connectivity index (χ4v) is 3.26. The number of nitrogens with zero attached hydrogens (tertiary/aromatic N) is 1. The maximum absolute atomic E-state index is 10.6. The molecule has 4 nitrogen and oxygen atoms in total. The van der Waals surface area contributed by atoms with Gasteiger partial charge in [0.15, 0.2) is 0 Å². The first kappa shape index (κ1) is 21.2. The van der Waals surface area contributed by atoms with Crippen LogP contribution in [0.3, 0.4) is 0 Å². The Bertz CT molecular complexity index is 871. The Morgan fingerprint density at radius 3 is 2.28 bits per heavy atom. The summed E-state index contributed by atoms with van der Waals surface area (Å²) >= 11 is 5.90. The molecular weight excluding hydrogens is 386 g/mol. The third kappa shape index (κ3) is 7.09. The lowest BCUT2D eigenvalue weighted by atomic mass is 10.1. The van der Waals surface area contributed by atoms with Gasteiger partial charge in [-0.15, -0.1) is 0 Å². The van der Waals surface area contributed by atoms with Gasteiger partial charge in [0, 0.05) is 24.7 Å². The van der Waals surface area contributed by atoms with E-state index in [1.165, 1.54) is 5.56 Å². The molecular formula is C24H26ClNO3. The van der Waals surface area contributed by atoms with E-state index in [2.05, 4.69) is 23.1 Å². The van der Waals surface area contributed by atoms with Crippen molar-refractivity contribution >= 4 is 11.6 Å². The van der Waals surface area contributed by atoms with E-state index in [-0.39, 0.29) is 6.61 Å². The zero-order valence-corrected chi connectivity index (χ0v) is 17.3. The summed E-state index contributed by atoms with van der Waals surface area (Å²) in [6.07, 6.45) is -0.625. The minimum atomic E-state index is -0.625. The van der Waals surface area contributed by atoms with Crippen LogP contribution in [0.4, 0.5) is 0 Å². The minimum absolute atomic E-state index is 0.213. The van der Waals surface area contributed by atoms with Crippen molar-refractivity contribution < 1.29 is 14.6 Å². The highest BCUT2D eigenvalue weighted by molar-refractivity contribution is 6.30. The van der Waals surface area contributed by atoms with Crippen molar-refractivity contribution in [3.8, 4) is 11.5 Å². The van der Waals surface area contributed by atoms with E-state index < -0.39 is 6.10 Å². The summed E-state index contributed by atoms with van der Waals surface area (Å²) in [4.78, 5) is 2.21. The summed E-state index contributed by atoms with van der Waals surface area (Å²) in [5.74, 6) is 1.52. The van der Waals surface area contributed by atoms with E-state index in [1.54, 1.807) is 31.4 Å². The Morgan fingerprint density at radius 2 is 1.55 bits per heavy atom. The Hall–Kier alpha value is -2.53. The Balaban J connectivity index is 1.63. The van der Waals surface area contributed by atoms with Gasteiger partial charge in [-0.3, -0.25) is 4.90 Å². The van der Waals surface area contributed by atoms with Crippen molar-refractivity contribution in [1.29, 1.82) is 0 Å². The molecule has 0 aliphatic carbocycles. The highest BCUT2D eigenvalue weighted by Gasteiger charge is 2.14. The molecule has 3 rings (SSSR count). The van der Waals surface area contributed by atoms with E-state index >= 15 is 0 Å². The smallest absolute Gasteiger partial charge is 0.119 e. The number of methoxy groups -OCH3 is 1. The number of aliphatic hydroxyl groups is 1. The quantitative estimate of drug-likeness (QED) is 0.520. The molecule has 0 amide bonds. The lowest BCUT2D eigenvalue weighted by molar-refractivity contribution is 0.0628. The fraction of sp³-hybridized carbons (Fsp3) is 0.250. The van der Waals surface area contributed by atoms with Gasteiger partial charge in [-0.2, -0.15) is 0 Å². The van der Waals surface area contributed by atoms with Gasteiger partial charge in [-0.25, -0.2) is 0 Å². The topological polar surface area (TPSA) is 41.9 Å². The zero-order valence-electron chi connectivity index (χ0n) is 16.5. The average molecular weight is 412 g/mol. The van der Waals surface area contributed by atoms with Crippen molar-refractivity contribution in [3.63, 3.8) is 0 Å². The molecule has 29 heavy (non-hydrogen) atoms. The number of aliphatic hydroxyl groups excluding tert-OH is 1. The molecule has 3 aromatic rings. The molecule has 5 heteroatoms. The van der Waals surface area contributed by atoms with Crippen LogP contribution in [-0.4, -0.2) is 36.4 Å². The van der Waals surface area contributed by atoms with Crippen molar-refractivity contribution in [2.75, 3.05) is 20.3 Å². The third-order valence-corrected chi connectivity index (χ3v) is 4.77. The Morgan fingerprint density at radius 1 is 0.862 bits per heavy atom. The Kier molecular flexibility index (Phi) is 7.94. The van der Waals surface area contributed by atoms with Crippen LogP contribution < -0.4 is 9.47 Å². The number of hydrogen-bond acceptors (Lipinski definition) is 4. The maximum atomic E-state index is 10.6. The van der Waals surface area contributed by atoms with Crippen LogP contribution in [-0.2, 0) is 13.1 Å². The molecule has 0 bridgehead atoms. The van der Waals surface area contributed by atoms with Crippen LogP contribution in [0.2, 0.25) is 5.02 Å². The largest absolute Gasteiger partial charge is 0.497 e. The molecule has 3 aromatic carbocycles. The van der Waals surface area contributed by atoms with Crippen molar-refractivity contribution in [2.24, 2.45) is 0 Å². The summed E-state index contributed by atoms with van der Waals surface area (Å²) in [7, 11) is 1.67. The summed E-state index contributed by atoms with van der Waals surface area (Å²) in [6, 6.07) is 25.4. The molecule has 152 valence electrons. The number of hydrogen-bond donors (Lipinski definition) is 1.